The SMILES string of the molecule is CC1Cc2ccccc2N(C(=O)/C=C/N2CCCC2)C1. The van der Waals surface area contributed by atoms with Gasteiger partial charge in [0.2, 0.25) is 0 Å². The largest absolute Gasteiger partial charge is 0.377 e. The van der Waals surface area contributed by atoms with Crippen molar-refractivity contribution in [3.63, 3.8) is 0 Å². The van der Waals surface area contributed by atoms with Crippen molar-refractivity contribution in [2.75, 3.05) is 24.5 Å². The number of likely N-dealkylation sites (tertiary alicyclic amines) is 1. The molecule has 0 saturated carbocycles. The molecule has 1 aromatic rings. The quantitative estimate of drug-likeness (QED) is 0.772. The topological polar surface area (TPSA) is 23.6 Å². The molecule has 3 heteroatoms. The molecule has 2 heterocycles. The van der Waals surface area contributed by atoms with Crippen LogP contribution in [-0.4, -0.2) is 30.4 Å². The van der Waals surface area contributed by atoms with Crippen molar-refractivity contribution < 1.29 is 4.79 Å². The summed E-state index contributed by atoms with van der Waals surface area (Å²) < 4.78 is 0. The van der Waals surface area contributed by atoms with Crippen molar-refractivity contribution in [2.24, 2.45) is 5.92 Å². The first-order valence-corrected chi connectivity index (χ1v) is 7.55. The monoisotopic (exact) mass is 270 g/mol. The van der Waals surface area contributed by atoms with Gasteiger partial charge in [-0.25, -0.2) is 0 Å². The van der Waals surface area contributed by atoms with Crippen LogP contribution in [-0.2, 0) is 11.2 Å². The Kier molecular flexibility index (Phi) is 3.77. The first-order chi connectivity index (χ1) is 9.74. The highest BCUT2D eigenvalue weighted by Gasteiger charge is 2.24. The average molecular weight is 270 g/mol. The minimum absolute atomic E-state index is 0.107. The van der Waals surface area contributed by atoms with Crippen LogP contribution in [0, 0.1) is 5.92 Å². The van der Waals surface area contributed by atoms with E-state index in [1.54, 1.807) is 6.08 Å². The van der Waals surface area contributed by atoms with E-state index in [1.807, 2.05) is 17.2 Å². The number of carbonyl (C=O) groups is 1. The van der Waals surface area contributed by atoms with E-state index in [0.29, 0.717) is 5.92 Å². The molecule has 1 amide bonds. The Bertz CT molecular complexity index is 517. The van der Waals surface area contributed by atoms with E-state index in [9.17, 15) is 4.79 Å². The third-order valence-corrected chi connectivity index (χ3v) is 4.18. The molecule has 3 nitrogen and oxygen atoms in total. The number of hydrogen-bond donors (Lipinski definition) is 0. The molecule has 1 fully saturated rings. The Morgan fingerprint density at radius 3 is 2.80 bits per heavy atom. The molecule has 0 bridgehead atoms. The fourth-order valence-electron chi connectivity index (χ4n) is 3.16. The second-order valence-electron chi connectivity index (χ2n) is 5.95. The van der Waals surface area contributed by atoms with Crippen LogP contribution in [0.1, 0.15) is 25.3 Å². The minimum Gasteiger partial charge on any atom is -0.377 e. The molecule has 0 spiro atoms. The molecule has 2 aliphatic rings. The third-order valence-electron chi connectivity index (χ3n) is 4.18. The number of amides is 1. The van der Waals surface area contributed by atoms with Gasteiger partial charge in [-0.05, 0) is 36.8 Å². The lowest BCUT2D eigenvalue weighted by Gasteiger charge is -2.32. The molecule has 1 unspecified atom stereocenters. The zero-order valence-corrected chi connectivity index (χ0v) is 12.1. The highest BCUT2D eigenvalue weighted by Crippen LogP contribution is 2.29. The molecule has 1 saturated heterocycles. The van der Waals surface area contributed by atoms with E-state index in [1.165, 1.54) is 18.4 Å². The molecule has 20 heavy (non-hydrogen) atoms. The fourth-order valence-corrected chi connectivity index (χ4v) is 3.16. The van der Waals surface area contributed by atoms with E-state index in [2.05, 4.69) is 30.0 Å². The predicted octanol–water partition coefficient (Wildman–Crippen LogP) is 2.82. The molecule has 0 radical (unpaired) electrons. The summed E-state index contributed by atoms with van der Waals surface area (Å²) >= 11 is 0. The Morgan fingerprint density at radius 2 is 2.00 bits per heavy atom. The number of carbonyl (C=O) groups excluding carboxylic acids is 1. The molecular weight excluding hydrogens is 248 g/mol. The maximum Gasteiger partial charge on any atom is 0.252 e. The van der Waals surface area contributed by atoms with Crippen LogP contribution >= 0.6 is 0 Å². The van der Waals surface area contributed by atoms with Crippen LogP contribution in [0.4, 0.5) is 5.69 Å². The smallest absolute Gasteiger partial charge is 0.252 e. The summed E-state index contributed by atoms with van der Waals surface area (Å²) in [6.07, 6.45) is 7.25. The van der Waals surface area contributed by atoms with Gasteiger partial charge in [-0.15, -0.1) is 0 Å². The highest BCUT2D eigenvalue weighted by molar-refractivity contribution is 6.02. The van der Waals surface area contributed by atoms with Crippen LogP contribution < -0.4 is 4.90 Å². The van der Waals surface area contributed by atoms with Gasteiger partial charge < -0.3 is 9.80 Å². The van der Waals surface area contributed by atoms with Gasteiger partial charge in [0, 0.05) is 37.6 Å². The number of benzene rings is 1. The summed E-state index contributed by atoms with van der Waals surface area (Å²) in [6.45, 7) is 5.19. The average Bonchev–Trinajstić information content (AvgIpc) is 2.97. The van der Waals surface area contributed by atoms with E-state index < -0.39 is 0 Å². The summed E-state index contributed by atoms with van der Waals surface area (Å²) in [5.74, 6) is 0.630. The summed E-state index contributed by atoms with van der Waals surface area (Å²) in [5, 5.41) is 0. The van der Waals surface area contributed by atoms with Gasteiger partial charge in [0.1, 0.15) is 0 Å². The van der Waals surface area contributed by atoms with E-state index in [0.717, 1.165) is 31.7 Å². The van der Waals surface area contributed by atoms with Crippen LogP contribution in [0.5, 0.6) is 0 Å². The van der Waals surface area contributed by atoms with E-state index in [-0.39, 0.29) is 5.91 Å². The van der Waals surface area contributed by atoms with Gasteiger partial charge in [0.15, 0.2) is 0 Å². The Morgan fingerprint density at radius 1 is 1.25 bits per heavy atom. The van der Waals surface area contributed by atoms with E-state index >= 15 is 0 Å². The lowest BCUT2D eigenvalue weighted by molar-refractivity contribution is -0.114. The number of para-hydroxylation sites is 1. The Balaban J connectivity index is 1.77. The second-order valence-corrected chi connectivity index (χ2v) is 5.95. The van der Waals surface area contributed by atoms with Crippen molar-refractivity contribution in [3.05, 3.63) is 42.1 Å². The second kappa shape index (κ2) is 5.70. The third kappa shape index (κ3) is 2.72. The number of anilines is 1. The van der Waals surface area contributed by atoms with Crippen molar-refractivity contribution >= 4 is 11.6 Å². The molecule has 0 aromatic heterocycles. The normalized spacial score (nSPS) is 22.4. The Hall–Kier alpha value is -1.77. The molecule has 2 aliphatic heterocycles. The standard InChI is InChI=1S/C17H22N2O/c1-14-12-15-6-2-3-7-16(15)19(13-14)17(20)8-11-18-9-4-5-10-18/h2-3,6-8,11,14H,4-5,9-10,12-13H2,1H3/b11-8+. The summed E-state index contributed by atoms with van der Waals surface area (Å²) in [4.78, 5) is 16.6. The summed E-state index contributed by atoms with van der Waals surface area (Å²) in [5.41, 5.74) is 2.37. The molecular formula is C17H22N2O. The van der Waals surface area contributed by atoms with Gasteiger partial charge in [0.25, 0.3) is 5.91 Å². The lowest BCUT2D eigenvalue weighted by atomic mass is 9.94. The number of nitrogens with zero attached hydrogens (tertiary/aromatic N) is 2. The minimum atomic E-state index is 0.107. The maximum atomic E-state index is 12.5. The van der Waals surface area contributed by atoms with Crippen molar-refractivity contribution in [2.45, 2.75) is 26.2 Å². The predicted molar refractivity (Wildman–Crippen MR) is 81.6 cm³/mol. The van der Waals surface area contributed by atoms with Gasteiger partial charge in [0.05, 0.1) is 0 Å². The molecule has 1 atom stereocenters. The highest BCUT2D eigenvalue weighted by atomic mass is 16.2. The fraction of sp³-hybridized carbons (Fsp3) is 0.471. The molecule has 0 N–H and O–H groups in total. The first kappa shape index (κ1) is 13.2. The summed E-state index contributed by atoms with van der Waals surface area (Å²) in [7, 11) is 0. The van der Waals surface area contributed by atoms with Gasteiger partial charge in [-0.1, -0.05) is 25.1 Å². The summed E-state index contributed by atoms with van der Waals surface area (Å²) in [6, 6.07) is 8.26. The zero-order chi connectivity index (χ0) is 13.9. The molecule has 0 aliphatic carbocycles. The number of hydrogen-bond acceptors (Lipinski definition) is 2. The molecule has 106 valence electrons. The first-order valence-electron chi connectivity index (χ1n) is 7.55. The van der Waals surface area contributed by atoms with Crippen LogP contribution in [0.25, 0.3) is 0 Å². The van der Waals surface area contributed by atoms with Crippen LogP contribution in [0.2, 0.25) is 0 Å². The van der Waals surface area contributed by atoms with Gasteiger partial charge >= 0.3 is 0 Å². The lowest BCUT2D eigenvalue weighted by Crippen LogP contribution is -2.38. The molecule has 3 rings (SSSR count). The van der Waals surface area contributed by atoms with Gasteiger partial charge in [-0.2, -0.15) is 0 Å². The maximum absolute atomic E-state index is 12.5. The van der Waals surface area contributed by atoms with Crippen LogP contribution in [0.3, 0.4) is 0 Å². The Labute approximate surface area is 120 Å². The van der Waals surface area contributed by atoms with E-state index in [4.69, 9.17) is 0 Å². The number of fused-ring (bicyclic) bond motifs is 1. The zero-order valence-electron chi connectivity index (χ0n) is 12.1. The number of rotatable bonds is 2. The molecule has 1 aromatic carbocycles. The van der Waals surface area contributed by atoms with Crippen LogP contribution in [0.15, 0.2) is 36.5 Å². The van der Waals surface area contributed by atoms with Crippen molar-refractivity contribution in [3.8, 4) is 0 Å². The van der Waals surface area contributed by atoms with Gasteiger partial charge in [-0.3, -0.25) is 4.79 Å². The van der Waals surface area contributed by atoms with Crippen molar-refractivity contribution in [1.29, 1.82) is 0 Å². The van der Waals surface area contributed by atoms with Crippen molar-refractivity contribution in [1.82, 2.24) is 4.90 Å².